The number of hydrogen-bond donors (Lipinski definition) is 0. The number of piperidine rings is 1. The Balaban J connectivity index is 1.02. The van der Waals surface area contributed by atoms with Gasteiger partial charge in [-0.1, -0.05) is 41.4 Å². The minimum Gasteiger partial charge on any atom is -0.472 e. The fraction of sp³-hybridized carbons (Fsp3) is 0.462. The first kappa shape index (κ1) is 35.8. The third kappa shape index (κ3) is 6.42. The van der Waals surface area contributed by atoms with E-state index in [4.69, 9.17) is 42.1 Å². The van der Waals surface area contributed by atoms with Crippen LogP contribution in [0.5, 0.6) is 5.75 Å². The molecule has 14 heteroatoms. The van der Waals surface area contributed by atoms with Crippen molar-refractivity contribution < 1.29 is 37.7 Å². The molecule has 280 valence electrons. The molecule has 4 atom stereocenters. The Kier molecular flexibility index (Phi) is 9.14. The van der Waals surface area contributed by atoms with E-state index >= 15 is 4.39 Å². The third-order valence-electron chi connectivity index (χ3n) is 10.8. The lowest BCUT2D eigenvalue weighted by Gasteiger charge is -2.56. The number of esters is 1. The van der Waals surface area contributed by atoms with Crippen molar-refractivity contribution in [2.24, 2.45) is 0 Å². The van der Waals surface area contributed by atoms with Crippen LogP contribution in [-0.4, -0.2) is 97.7 Å². The van der Waals surface area contributed by atoms with Gasteiger partial charge in [-0.25, -0.2) is 14.0 Å². The van der Waals surface area contributed by atoms with Crippen molar-refractivity contribution in [3.63, 3.8) is 0 Å². The highest BCUT2D eigenvalue weighted by molar-refractivity contribution is 6.40. The van der Waals surface area contributed by atoms with E-state index in [0.717, 1.165) is 24.9 Å². The van der Waals surface area contributed by atoms with E-state index in [2.05, 4.69) is 9.80 Å². The van der Waals surface area contributed by atoms with Crippen molar-refractivity contribution >= 4 is 52.5 Å². The van der Waals surface area contributed by atoms with Gasteiger partial charge in [0.1, 0.15) is 17.2 Å². The number of halogens is 3. The summed E-state index contributed by atoms with van der Waals surface area (Å²) >= 11 is 13.5. The zero-order valence-electron chi connectivity index (χ0n) is 30.0. The molecule has 4 bridgehead atoms. The molecule has 0 spiro atoms. The molecule has 6 heterocycles. The molecule has 2 amide bonds. The number of carbonyl (C=O) groups excluding carboxylic acids is 3. The molecule has 0 N–H and O–H groups in total. The molecule has 0 saturated carbocycles. The minimum absolute atomic E-state index is 0.0123. The summed E-state index contributed by atoms with van der Waals surface area (Å²) in [5.41, 5.74) is 2.59. The van der Waals surface area contributed by atoms with Crippen LogP contribution in [0.25, 0.3) is 11.1 Å². The molecule has 9 rings (SSSR count). The Morgan fingerprint density at radius 3 is 2.25 bits per heavy atom. The first-order valence-electron chi connectivity index (χ1n) is 17.9. The average molecular weight is 768 g/mol. The third-order valence-corrected chi connectivity index (χ3v) is 11.4. The van der Waals surface area contributed by atoms with Gasteiger partial charge in [-0.3, -0.25) is 9.69 Å². The number of piperazine rings is 1. The summed E-state index contributed by atoms with van der Waals surface area (Å²) in [6, 6.07) is 12.0. The lowest BCUT2D eigenvalue weighted by atomic mass is 9.87. The van der Waals surface area contributed by atoms with Gasteiger partial charge in [0.25, 0.3) is 5.91 Å². The zero-order valence-corrected chi connectivity index (χ0v) is 31.5. The number of carbonyl (C=O) groups is 3. The van der Waals surface area contributed by atoms with Crippen LogP contribution in [0.3, 0.4) is 0 Å². The molecular formula is C39H41Cl2FN4O7. The molecule has 0 aromatic heterocycles. The number of rotatable bonds is 5. The van der Waals surface area contributed by atoms with Gasteiger partial charge in [-0.15, -0.1) is 0 Å². The number of fused-ring (bicyclic) bond motifs is 5. The van der Waals surface area contributed by atoms with Crippen LogP contribution >= 0.6 is 23.2 Å². The van der Waals surface area contributed by atoms with Crippen molar-refractivity contribution in [1.29, 1.82) is 0 Å². The topological polar surface area (TPSA) is 101 Å². The lowest BCUT2D eigenvalue weighted by molar-refractivity contribution is -0.0379. The quantitative estimate of drug-likeness (QED) is 0.251. The molecule has 11 nitrogen and oxygen atoms in total. The Morgan fingerprint density at radius 2 is 1.60 bits per heavy atom. The number of benzene rings is 3. The molecule has 0 aliphatic carbocycles. The first-order chi connectivity index (χ1) is 25.3. The normalized spacial score (nSPS) is 23.2. The van der Waals surface area contributed by atoms with Crippen molar-refractivity contribution in [2.75, 3.05) is 49.9 Å². The summed E-state index contributed by atoms with van der Waals surface area (Å²) < 4.78 is 38.6. The highest BCUT2D eigenvalue weighted by atomic mass is 35.5. The zero-order chi connectivity index (χ0) is 37.3. The van der Waals surface area contributed by atoms with Gasteiger partial charge in [-0.05, 0) is 64.3 Å². The van der Waals surface area contributed by atoms with Gasteiger partial charge < -0.3 is 33.6 Å². The highest BCUT2D eigenvalue weighted by Gasteiger charge is 2.49. The summed E-state index contributed by atoms with van der Waals surface area (Å²) in [7, 11) is 1.29. The highest BCUT2D eigenvalue weighted by Crippen LogP contribution is 2.44. The molecule has 5 fully saturated rings. The smallest absolute Gasteiger partial charge is 0.410 e. The van der Waals surface area contributed by atoms with Crippen LogP contribution in [0, 0.1) is 5.82 Å². The van der Waals surface area contributed by atoms with E-state index in [9.17, 15) is 14.4 Å². The van der Waals surface area contributed by atoms with Crippen molar-refractivity contribution in [1.82, 2.24) is 9.80 Å². The number of hydrogen-bond acceptors (Lipinski definition) is 9. The second-order valence-electron chi connectivity index (χ2n) is 15.4. The molecule has 6 aliphatic rings. The molecule has 53 heavy (non-hydrogen) atoms. The number of para-hydroxylation sites is 1. The number of methoxy groups -OCH3 is 1. The standard InChI is InChI=1S/C39H41Cl2FN4O7/c1-39(2,3)53-38(49)46-25-10-26(46)17-43(16-25)24-11-30(40)34(31(41)12-24)36(47)44-15-21-6-5-7-27(35(21)52-20-44)28-14-33(29(13-32(28)42)37(48)50-4)45-22-8-9-23(45)19-51-18-22/h5-7,11-14,22-23,25-26H,8-10,15-20H2,1-4H3. The number of nitrogens with zero attached hydrogens (tertiary/aromatic N) is 4. The van der Waals surface area contributed by atoms with Gasteiger partial charge in [0.15, 0.2) is 6.73 Å². The number of morpholine rings is 1. The fourth-order valence-electron chi connectivity index (χ4n) is 8.43. The maximum absolute atomic E-state index is 16.0. The summed E-state index contributed by atoms with van der Waals surface area (Å²) in [5.74, 6) is -1.15. The number of anilines is 2. The fourth-order valence-corrected chi connectivity index (χ4v) is 9.07. The molecule has 5 saturated heterocycles. The van der Waals surface area contributed by atoms with Gasteiger partial charge in [-0.2, -0.15) is 0 Å². The Bertz CT molecular complexity index is 1960. The lowest BCUT2D eigenvalue weighted by Crippen LogP contribution is -2.70. The first-order valence-corrected chi connectivity index (χ1v) is 18.6. The monoisotopic (exact) mass is 766 g/mol. The molecule has 4 unspecified atom stereocenters. The van der Waals surface area contributed by atoms with Crippen LogP contribution < -0.4 is 14.5 Å². The largest absolute Gasteiger partial charge is 0.472 e. The SMILES string of the molecule is COC(=O)c1cc(F)c(-c2cccc3c2OCN(C(=O)c2c(Cl)cc(N4CC5CC(C4)N5C(=O)OC(C)(C)C)cc2Cl)C3)cc1N1C2CCC1COC2. The summed E-state index contributed by atoms with van der Waals surface area (Å²) in [6.07, 6.45) is 2.42. The minimum atomic E-state index is -0.612. The predicted molar refractivity (Wildman–Crippen MR) is 198 cm³/mol. The number of ether oxygens (including phenoxy) is 4. The second-order valence-corrected chi connectivity index (χ2v) is 16.2. The summed E-state index contributed by atoms with van der Waals surface area (Å²) in [6.45, 7) is 7.86. The van der Waals surface area contributed by atoms with E-state index in [1.165, 1.54) is 18.1 Å². The van der Waals surface area contributed by atoms with Crippen LogP contribution in [0.4, 0.5) is 20.6 Å². The molecular weight excluding hydrogens is 726 g/mol. The van der Waals surface area contributed by atoms with Crippen LogP contribution in [0.2, 0.25) is 10.0 Å². The van der Waals surface area contributed by atoms with Gasteiger partial charge in [0, 0.05) is 35.5 Å². The predicted octanol–water partition coefficient (Wildman–Crippen LogP) is 7.14. The van der Waals surface area contributed by atoms with E-state index in [1.807, 2.05) is 26.8 Å². The maximum Gasteiger partial charge on any atom is 0.410 e. The Morgan fingerprint density at radius 1 is 0.925 bits per heavy atom. The second kappa shape index (κ2) is 13.5. The summed E-state index contributed by atoms with van der Waals surface area (Å²) in [5, 5.41) is 0.412. The van der Waals surface area contributed by atoms with Crippen LogP contribution in [0.15, 0.2) is 42.5 Å². The molecule has 3 aromatic rings. The molecule has 6 aliphatic heterocycles. The van der Waals surface area contributed by atoms with Gasteiger partial charge in [0.2, 0.25) is 0 Å². The van der Waals surface area contributed by atoms with Gasteiger partial charge >= 0.3 is 12.1 Å². The van der Waals surface area contributed by atoms with Crippen molar-refractivity contribution in [3.05, 3.63) is 75.0 Å². The maximum atomic E-state index is 16.0. The van der Waals surface area contributed by atoms with E-state index in [-0.39, 0.29) is 70.3 Å². The van der Waals surface area contributed by atoms with E-state index in [1.54, 1.807) is 35.2 Å². The van der Waals surface area contributed by atoms with Crippen molar-refractivity contribution in [3.8, 4) is 16.9 Å². The van der Waals surface area contributed by atoms with Crippen molar-refractivity contribution in [2.45, 2.75) is 76.3 Å². The van der Waals surface area contributed by atoms with Crippen LogP contribution in [0.1, 0.15) is 66.3 Å². The Labute approximate surface area is 317 Å². The average Bonchev–Trinajstić information content (AvgIpc) is 3.36. The summed E-state index contributed by atoms with van der Waals surface area (Å²) in [4.78, 5) is 47.1. The molecule has 3 aromatic carbocycles. The number of amides is 2. The van der Waals surface area contributed by atoms with E-state index in [0.29, 0.717) is 48.9 Å². The Hall–Kier alpha value is -4.26. The molecule has 0 radical (unpaired) electrons. The van der Waals surface area contributed by atoms with Crippen LogP contribution in [-0.2, 0) is 20.8 Å². The van der Waals surface area contributed by atoms with E-state index < -0.39 is 23.3 Å². The van der Waals surface area contributed by atoms with Gasteiger partial charge in [0.05, 0.1) is 77.9 Å².